The zero-order valence-electron chi connectivity index (χ0n) is 18.1. The number of rotatable bonds is 5. The minimum atomic E-state index is -1.03. The highest BCUT2D eigenvalue weighted by Gasteiger charge is 2.56. The van der Waals surface area contributed by atoms with Crippen LogP contribution in [0.1, 0.15) is 31.7 Å². The molecule has 2 aliphatic heterocycles. The molecular formula is C23H27BClNO6. The van der Waals surface area contributed by atoms with Crippen LogP contribution in [0, 0.1) is 17.8 Å². The van der Waals surface area contributed by atoms with E-state index in [0.29, 0.717) is 24.3 Å². The number of halogens is 1. The van der Waals surface area contributed by atoms with Gasteiger partial charge in [-0.05, 0) is 73.3 Å². The number of aromatic hydroxyl groups is 1. The largest absolute Gasteiger partial charge is 0.508 e. The van der Waals surface area contributed by atoms with E-state index in [0.717, 1.165) is 22.3 Å². The summed E-state index contributed by atoms with van der Waals surface area (Å²) >= 11 is 6.20. The Morgan fingerprint density at radius 3 is 2.75 bits per heavy atom. The van der Waals surface area contributed by atoms with Gasteiger partial charge in [-0.3, -0.25) is 14.5 Å². The van der Waals surface area contributed by atoms with Crippen molar-refractivity contribution in [3.8, 4) is 5.75 Å². The maximum absolute atomic E-state index is 12.8. The van der Waals surface area contributed by atoms with Crippen molar-refractivity contribution < 1.29 is 29.5 Å². The Balaban J connectivity index is 1.57. The summed E-state index contributed by atoms with van der Waals surface area (Å²) in [6.07, 6.45) is 3.27. The minimum Gasteiger partial charge on any atom is -0.508 e. The fourth-order valence-corrected chi connectivity index (χ4v) is 5.63. The van der Waals surface area contributed by atoms with Crippen LogP contribution in [0.15, 0.2) is 34.9 Å². The molecule has 2 amide bonds. The van der Waals surface area contributed by atoms with Crippen molar-refractivity contribution >= 4 is 36.6 Å². The van der Waals surface area contributed by atoms with Crippen LogP contribution < -0.4 is 0 Å². The number of carbonyl (C=O) groups excluding carboxylic acids is 2. The number of hydrogen-bond acceptors (Lipinski definition) is 6. The van der Waals surface area contributed by atoms with E-state index >= 15 is 0 Å². The molecule has 1 aromatic rings. The minimum absolute atomic E-state index is 0.102. The number of benzene rings is 1. The average molecular weight is 460 g/mol. The van der Waals surface area contributed by atoms with E-state index in [-0.39, 0.29) is 36.4 Å². The number of phenols is 1. The Kier molecular flexibility index (Phi) is 6.50. The summed E-state index contributed by atoms with van der Waals surface area (Å²) in [6.45, 7) is 1.76. The Morgan fingerprint density at radius 2 is 2.06 bits per heavy atom. The third-order valence-corrected chi connectivity index (χ3v) is 7.23. The van der Waals surface area contributed by atoms with Gasteiger partial charge in [0.05, 0.1) is 29.6 Å². The Bertz CT molecular complexity index is 1010. The Labute approximate surface area is 192 Å². The van der Waals surface area contributed by atoms with Gasteiger partial charge in [0, 0.05) is 7.05 Å². The quantitative estimate of drug-likeness (QED) is 0.355. The highest BCUT2D eigenvalue weighted by molar-refractivity contribution is 6.43. The second kappa shape index (κ2) is 9.02. The van der Waals surface area contributed by atoms with E-state index in [1.807, 2.05) is 13.0 Å². The topological polar surface area (TPSA) is 107 Å². The summed E-state index contributed by atoms with van der Waals surface area (Å²) in [4.78, 5) is 26.5. The van der Waals surface area contributed by atoms with E-state index in [1.54, 1.807) is 12.1 Å². The lowest BCUT2D eigenvalue weighted by atomic mass is 9.58. The van der Waals surface area contributed by atoms with Gasteiger partial charge in [0.1, 0.15) is 5.75 Å². The van der Waals surface area contributed by atoms with Crippen LogP contribution in [0.3, 0.4) is 0 Å². The number of carbonyl (C=O) groups is 2. The van der Waals surface area contributed by atoms with Gasteiger partial charge in [0.15, 0.2) is 0 Å². The van der Waals surface area contributed by atoms with Gasteiger partial charge >= 0.3 is 7.12 Å². The van der Waals surface area contributed by atoms with Gasteiger partial charge in [-0.2, -0.15) is 0 Å². The van der Waals surface area contributed by atoms with Gasteiger partial charge in [-0.15, -0.1) is 0 Å². The molecule has 4 atom stereocenters. The predicted octanol–water partition coefficient (Wildman–Crippen LogP) is 2.65. The van der Waals surface area contributed by atoms with E-state index in [4.69, 9.17) is 16.3 Å². The predicted molar refractivity (Wildman–Crippen MR) is 121 cm³/mol. The van der Waals surface area contributed by atoms with Crippen molar-refractivity contribution in [2.45, 2.75) is 38.6 Å². The molecule has 3 N–H and O–H groups in total. The van der Waals surface area contributed by atoms with Crippen LogP contribution >= 0.6 is 11.6 Å². The second-order valence-electron chi connectivity index (χ2n) is 8.95. The first kappa shape index (κ1) is 23.0. The average Bonchev–Trinajstić information content (AvgIpc) is 2.97. The number of allylic oxidation sites excluding steroid dienone is 1. The lowest BCUT2D eigenvalue weighted by Gasteiger charge is -2.42. The molecule has 170 valence electrons. The second-order valence-corrected chi connectivity index (χ2v) is 9.35. The summed E-state index contributed by atoms with van der Waals surface area (Å²) in [5.74, 6) is -1.64. The molecule has 0 unspecified atom stereocenters. The molecule has 1 aromatic carbocycles. The molecular weight excluding hydrogens is 433 g/mol. The first-order chi connectivity index (χ1) is 15.2. The first-order valence-electron chi connectivity index (χ1n) is 10.8. The molecule has 0 bridgehead atoms. The molecule has 3 aliphatic rings. The highest BCUT2D eigenvalue weighted by atomic mass is 35.5. The third kappa shape index (κ3) is 4.12. The van der Waals surface area contributed by atoms with Crippen molar-refractivity contribution in [2.75, 3.05) is 13.7 Å². The van der Waals surface area contributed by atoms with Crippen LogP contribution in [-0.2, 0) is 14.2 Å². The molecule has 0 radical (unpaired) electrons. The number of likely N-dealkylation sites (tertiary alicyclic amines) is 1. The van der Waals surface area contributed by atoms with Crippen LogP contribution in [0.5, 0.6) is 5.75 Å². The fourth-order valence-electron chi connectivity index (χ4n) is 5.40. The molecule has 4 rings (SSSR count). The first-order valence-corrected chi connectivity index (χ1v) is 11.2. The lowest BCUT2D eigenvalue weighted by Crippen LogP contribution is -2.46. The number of fused-ring (bicyclic) bond motifs is 3. The van der Waals surface area contributed by atoms with E-state index in [2.05, 4.69) is 0 Å². The number of aliphatic hydroxyl groups excluding tert-OH is 1. The monoisotopic (exact) mass is 459 g/mol. The van der Waals surface area contributed by atoms with Crippen LogP contribution in [-0.4, -0.2) is 58.8 Å². The maximum Gasteiger partial charge on any atom is 0.455 e. The maximum atomic E-state index is 12.8. The van der Waals surface area contributed by atoms with E-state index < -0.39 is 25.1 Å². The number of aliphatic hydroxyl groups is 1. The molecule has 32 heavy (non-hydrogen) atoms. The summed E-state index contributed by atoms with van der Waals surface area (Å²) in [5, 5.41) is 30.4. The number of imide groups is 1. The van der Waals surface area contributed by atoms with Crippen LogP contribution in [0.2, 0.25) is 11.3 Å². The van der Waals surface area contributed by atoms with Crippen molar-refractivity contribution in [2.24, 2.45) is 17.8 Å². The smallest absolute Gasteiger partial charge is 0.455 e. The zero-order valence-corrected chi connectivity index (χ0v) is 18.9. The molecule has 7 nitrogen and oxygen atoms in total. The lowest BCUT2D eigenvalue weighted by molar-refractivity contribution is -0.138. The summed E-state index contributed by atoms with van der Waals surface area (Å²) in [6, 6.07) is 4.80. The number of amides is 2. The molecule has 9 heteroatoms. The Morgan fingerprint density at radius 1 is 1.31 bits per heavy atom. The summed E-state index contributed by atoms with van der Waals surface area (Å²) < 4.78 is 5.86. The molecule has 0 aromatic heterocycles. The normalized spacial score (nSPS) is 28.3. The number of hydrogen-bond donors (Lipinski definition) is 3. The standard InChI is InChI=1S/C23H27BClNO6/c1-12(7-13-4-5-15(28)9-18(13)25)3-6-19-20-14(11-27)8-16-21(17(20)10-24(31)32-19)23(30)26(2)22(16)29/h4-5,7,9,16-17,19,21,27-28,31H,3,6,8,10-11H2,1-2H3/b12-7+/t16-,17+,19-,21-/m1/s1. The number of nitrogens with zero attached hydrogens (tertiary/aromatic N) is 1. The van der Waals surface area contributed by atoms with E-state index in [9.17, 15) is 24.8 Å². The van der Waals surface area contributed by atoms with Gasteiger partial charge in [0.2, 0.25) is 11.8 Å². The van der Waals surface area contributed by atoms with Crippen LogP contribution in [0.25, 0.3) is 6.08 Å². The van der Waals surface area contributed by atoms with Gasteiger partial charge in [-0.25, -0.2) is 0 Å². The highest BCUT2D eigenvalue weighted by Crippen LogP contribution is 2.50. The van der Waals surface area contributed by atoms with Gasteiger partial charge < -0.3 is 19.9 Å². The third-order valence-electron chi connectivity index (χ3n) is 6.91. The van der Waals surface area contributed by atoms with Crippen molar-refractivity contribution in [3.63, 3.8) is 0 Å². The van der Waals surface area contributed by atoms with Crippen molar-refractivity contribution in [3.05, 3.63) is 45.5 Å². The van der Waals surface area contributed by atoms with Crippen LogP contribution in [0.4, 0.5) is 0 Å². The fraction of sp³-hybridized carbons (Fsp3) is 0.478. The SMILES string of the molecule is C/C(=C\c1ccc(O)cc1Cl)CC[C@H]1OB(O)C[C@H]2C1=C(CO)C[C@H]1C(=O)N(C)C(=O)[C@H]12. The zero-order chi connectivity index (χ0) is 23.2. The molecule has 1 aliphatic carbocycles. The molecule has 2 saturated heterocycles. The summed E-state index contributed by atoms with van der Waals surface area (Å²) in [5.41, 5.74) is 3.43. The Hall–Kier alpha value is -2.13. The van der Waals surface area contributed by atoms with Crippen molar-refractivity contribution in [1.29, 1.82) is 0 Å². The molecule has 0 saturated carbocycles. The van der Waals surface area contributed by atoms with E-state index in [1.165, 1.54) is 18.0 Å². The molecule has 0 spiro atoms. The van der Waals surface area contributed by atoms with Crippen molar-refractivity contribution in [1.82, 2.24) is 4.90 Å². The molecule has 2 fully saturated rings. The number of phenolic OH excluding ortho intramolecular Hbond substituents is 1. The van der Waals surface area contributed by atoms with Gasteiger partial charge in [0.25, 0.3) is 0 Å². The summed E-state index contributed by atoms with van der Waals surface area (Å²) in [7, 11) is 0.467. The molecule has 2 heterocycles. The van der Waals surface area contributed by atoms with Gasteiger partial charge in [-0.1, -0.05) is 23.3 Å².